The highest BCUT2D eigenvalue weighted by molar-refractivity contribution is 7.99. The van der Waals surface area contributed by atoms with Gasteiger partial charge in [0.15, 0.2) is 5.82 Å². The molecular formula is C38H42FN7O7S. The van der Waals surface area contributed by atoms with Crippen LogP contribution in [0.2, 0.25) is 0 Å². The molecule has 1 unspecified atom stereocenters. The highest BCUT2D eigenvalue weighted by atomic mass is 32.2. The number of ether oxygens (including phenoxy) is 1. The summed E-state index contributed by atoms with van der Waals surface area (Å²) in [4.78, 5) is 66.8. The fourth-order valence-corrected chi connectivity index (χ4v) is 8.97. The molecule has 0 bridgehead atoms. The van der Waals surface area contributed by atoms with Gasteiger partial charge >= 0.3 is 5.69 Å². The van der Waals surface area contributed by atoms with Crippen molar-refractivity contribution in [3.05, 3.63) is 58.8 Å². The molecule has 4 saturated heterocycles. The number of aromatic nitrogens is 2. The highest BCUT2D eigenvalue weighted by Crippen LogP contribution is 2.41. The summed E-state index contributed by atoms with van der Waals surface area (Å²) in [5.41, 5.74) is 2.01. The summed E-state index contributed by atoms with van der Waals surface area (Å²) in [5.74, 6) is -0.895. The Morgan fingerprint density at radius 3 is 2.54 bits per heavy atom. The molecule has 8 rings (SSSR count). The van der Waals surface area contributed by atoms with Crippen molar-refractivity contribution in [2.75, 3.05) is 48.5 Å². The van der Waals surface area contributed by atoms with Crippen molar-refractivity contribution in [2.45, 2.75) is 51.0 Å². The minimum atomic E-state index is -0.727. The number of phenols is 1. The van der Waals surface area contributed by atoms with Crippen LogP contribution in [0.1, 0.15) is 51.0 Å². The number of rotatable bonds is 8. The van der Waals surface area contributed by atoms with Crippen molar-refractivity contribution < 1.29 is 33.4 Å². The molecule has 1 aromatic heterocycles. The number of aromatic hydroxyl groups is 1. The Kier molecular flexibility index (Phi) is 9.62. The number of piperidine rings is 3. The molecule has 0 radical (unpaired) electrons. The summed E-state index contributed by atoms with van der Waals surface area (Å²) >= 11 is 0.933. The number of likely N-dealkylation sites (tertiary alicyclic amines) is 1. The second kappa shape index (κ2) is 14.5. The summed E-state index contributed by atoms with van der Waals surface area (Å²) in [7, 11) is 1.69. The SMILES string of the molecule is Cn1c(=O)n(C2CCC(=O)NC2=O)c2ccc(N3CCC(CC(=O)N4CCC[C@H](COc5ccc6cc(O)c(N7CC(=O)NS7)c(F)c6c5)C4)CC3)cc21. The zero-order chi connectivity index (χ0) is 37.7. The van der Waals surface area contributed by atoms with E-state index in [0.29, 0.717) is 42.8 Å². The molecule has 284 valence electrons. The first kappa shape index (κ1) is 35.8. The first-order valence-electron chi connectivity index (χ1n) is 18.4. The number of nitrogens with one attached hydrogen (secondary N) is 2. The van der Waals surface area contributed by atoms with E-state index in [0.717, 1.165) is 62.1 Å². The second-order valence-corrected chi connectivity index (χ2v) is 15.6. The molecule has 14 nitrogen and oxygen atoms in total. The number of hydrogen-bond acceptors (Lipinski definition) is 10. The molecule has 0 saturated carbocycles. The Balaban J connectivity index is 0.850. The van der Waals surface area contributed by atoms with Gasteiger partial charge in [0.1, 0.15) is 29.8 Å². The van der Waals surface area contributed by atoms with Gasteiger partial charge in [0.05, 0.1) is 29.8 Å². The number of amides is 4. The number of halogens is 1. The molecule has 4 aliphatic rings. The summed E-state index contributed by atoms with van der Waals surface area (Å²) in [5, 5.41) is 13.6. The molecule has 3 N–H and O–H groups in total. The number of carbonyl (C=O) groups excluding carboxylic acids is 4. The summed E-state index contributed by atoms with van der Waals surface area (Å²) in [6, 6.07) is 11.6. The van der Waals surface area contributed by atoms with Crippen LogP contribution in [0.15, 0.2) is 47.3 Å². The lowest BCUT2D eigenvalue weighted by molar-refractivity contribution is -0.136. The first-order valence-corrected chi connectivity index (χ1v) is 19.2. The Morgan fingerprint density at radius 2 is 1.78 bits per heavy atom. The van der Waals surface area contributed by atoms with Crippen molar-refractivity contribution >= 4 is 68.9 Å². The number of phenolic OH excluding ortho intramolecular Hbond substituents is 1. The van der Waals surface area contributed by atoms with E-state index in [1.807, 2.05) is 23.1 Å². The van der Waals surface area contributed by atoms with Crippen molar-refractivity contribution in [1.29, 1.82) is 0 Å². The third-order valence-electron chi connectivity index (χ3n) is 11.2. The number of benzene rings is 3. The third-order valence-corrected chi connectivity index (χ3v) is 12.1. The van der Waals surface area contributed by atoms with E-state index in [2.05, 4.69) is 14.9 Å². The molecule has 4 amide bonds. The number of imidazole rings is 1. The molecule has 4 aromatic rings. The van der Waals surface area contributed by atoms with Gasteiger partial charge in [-0.15, -0.1) is 0 Å². The monoisotopic (exact) mass is 759 g/mol. The fraction of sp³-hybridized carbons (Fsp3) is 0.447. The predicted octanol–water partition coefficient (Wildman–Crippen LogP) is 3.74. The standard InChI is InChI=1S/C38H42FN7O7S/c1-42-30-17-25(5-7-28(30)46(38(42)52)29-8-9-32(48)40-37(29)51)43-13-10-22(11-14-43)15-34(50)44-12-2-3-23(19-44)21-53-26-6-4-24-16-31(47)36(35(39)27(24)18-26)45-20-33(49)41-54-45/h4-7,16-18,22-23,29,47H,2-3,8-15,19-21H2,1H3,(H,41,49)(H,40,48,51)/t23-,29?/m0/s1. The van der Waals surface area contributed by atoms with Crippen LogP contribution < -0.4 is 29.7 Å². The smallest absolute Gasteiger partial charge is 0.329 e. The van der Waals surface area contributed by atoms with Crippen molar-refractivity contribution in [1.82, 2.24) is 24.1 Å². The molecule has 5 heterocycles. The fourth-order valence-electron chi connectivity index (χ4n) is 8.25. The van der Waals surface area contributed by atoms with E-state index in [9.17, 15) is 29.1 Å². The summed E-state index contributed by atoms with van der Waals surface area (Å²) in [6.45, 7) is 3.18. The van der Waals surface area contributed by atoms with Gasteiger partial charge in [0.2, 0.25) is 17.7 Å². The quantitative estimate of drug-likeness (QED) is 0.179. The maximum absolute atomic E-state index is 15.6. The molecular weight excluding hydrogens is 718 g/mol. The van der Waals surface area contributed by atoms with E-state index in [1.165, 1.54) is 14.9 Å². The molecule has 0 aliphatic carbocycles. The number of nitrogens with zero attached hydrogens (tertiary/aromatic N) is 5. The largest absolute Gasteiger partial charge is 0.506 e. The molecule has 4 aliphatic heterocycles. The van der Waals surface area contributed by atoms with E-state index in [4.69, 9.17) is 4.74 Å². The number of carbonyl (C=O) groups is 4. The van der Waals surface area contributed by atoms with Crippen LogP contribution >= 0.6 is 12.1 Å². The Hall–Kier alpha value is -5.25. The van der Waals surface area contributed by atoms with Gasteiger partial charge in [-0.1, -0.05) is 6.07 Å². The lowest BCUT2D eigenvalue weighted by atomic mass is 9.91. The van der Waals surface area contributed by atoms with Crippen LogP contribution in [0.5, 0.6) is 11.5 Å². The van der Waals surface area contributed by atoms with Gasteiger partial charge < -0.3 is 19.6 Å². The van der Waals surface area contributed by atoms with Crippen LogP contribution in [-0.4, -0.2) is 82.1 Å². The number of imide groups is 1. The molecule has 0 spiro atoms. The third kappa shape index (κ3) is 6.82. The average Bonchev–Trinajstić information content (AvgIpc) is 3.70. The summed E-state index contributed by atoms with van der Waals surface area (Å²) < 4.78 is 28.7. The zero-order valence-electron chi connectivity index (χ0n) is 29.9. The normalized spacial score (nSPS) is 21.2. The second-order valence-electron chi connectivity index (χ2n) is 14.7. The molecule has 54 heavy (non-hydrogen) atoms. The van der Waals surface area contributed by atoms with Crippen LogP contribution in [0.3, 0.4) is 0 Å². The number of fused-ring (bicyclic) bond motifs is 2. The topological polar surface area (TPSA) is 158 Å². The van der Waals surface area contributed by atoms with Crippen LogP contribution in [0.25, 0.3) is 21.8 Å². The maximum Gasteiger partial charge on any atom is 0.329 e. The van der Waals surface area contributed by atoms with Crippen molar-refractivity contribution in [3.63, 3.8) is 0 Å². The highest BCUT2D eigenvalue weighted by Gasteiger charge is 2.33. The van der Waals surface area contributed by atoms with Gasteiger partial charge in [-0.05, 0) is 79.8 Å². The molecule has 4 fully saturated rings. The van der Waals surface area contributed by atoms with E-state index in [-0.39, 0.29) is 71.5 Å². The van der Waals surface area contributed by atoms with Crippen LogP contribution in [0.4, 0.5) is 15.8 Å². The van der Waals surface area contributed by atoms with E-state index in [1.54, 1.807) is 29.8 Å². The lowest BCUT2D eigenvalue weighted by Gasteiger charge is -2.36. The Labute approximate surface area is 314 Å². The first-order chi connectivity index (χ1) is 26.0. The summed E-state index contributed by atoms with van der Waals surface area (Å²) in [6.07, 6.45) is 4.48. The van der Waals surface area contributed by atoms with E-state index >= 15 is 4.39 Å². The number of hydrogen-bond donors (Lipinski definition) is 3. The average molecular weight is 760 g/mol. The van der Waals surface area contributed by atoms with Crippen LogP contribution in [0, 0.1) is 17.7 Å². The maximum atomic E-state index is 15.6. The van der Waals surface area contributed by atoms with Gasteiger partial charge in [0, 0.05) is 63.1 Å². The molecule has 3 aromatic carbocycles. The van der Waals surface area contributed by atoms with Gasteiger partial charge in [0.25, 0.3) is 5.91 Å². The molecule has 16 heteroatoms. The van der Waals surface area contributed by atoms with Crippen molar-refractivity contribution in [3.8, 4) is 11.5 Å². The Morgan fingerprint density at radius 1 is 0.963 bits per heavy atom. The zero-order valence-corrected chi connectivity index (χ0v) is 30.7. The number of anilines is 2. The van der Waals surface area contributed by atoms with Gasteiger partial charge in [-0.25, -0.2) is 9.18 Å². The Bertz CT molecular complexity index is 2230. The van der Waals surface area contributed by atoms with E-state index < -0.39 is 17.8 Å². The van der Waals surface area contributed by atoms with Crippen molar-refractivity contribution in [2.24, 2.45) is 18.9 Å². The minimum Gasteiger partial charge on any atom is -0.506 e. The lowest BCUT2D eigenvalue weighted by Crippen LogP contribution is -2.44. The number of aryl methyl sites for hydroxylation is 1. The predicted molar refractivity (Wildman–Crippen MR) is 202 cm³/mol. The minimum absolute atomic E-state index is 0.0519. The van der Waals surface area contributed by atoms with Crippen LogP contribution in [-0.2, 0) is 26.2 Å². The van der Waals surface area contributed by atoms with Gasteiger partial charge in [-0.3, -0.25) is 42.7 Å². The van der Waals surface area contributed by atoms with Gasteiger partial charge in [-0.2, -0.15) is 0 Å². The molecule has 2 atom stereocenters.